The van der Waals surface area contributed by atoms with Crippen LogP contribution in [0, 0.1) is 18.3 Å². The number of thiocarbonyl (C=S) groups is 1. The molecule has 3 heterocycles. The van der Waals surface area contributed by atoms with Crippen LogP contribution in [0.4, 0.5) is 5.82 Å². The van der Waals surface area contributed by atoms with Crippen LogP contribution < -0.4 is 10.5 Å². The van der Waals surface area contributed by atoms with E-state index >= 15 is 0 Å². The monoisotopic (exact) mass is 432 g/mol. The molecule has 1 aromatic rings. The summed E-state index contributed by atoms with van der Waals surface area (Å²) in [5.74, 6) is 0.585. The number of unbranched alkanes of at least 4 members (excludes halogenated alkanes) is 1. The van der Waals surface area contributed by atoms with Crippen molar-refractivity contribution in [2.45, 2.75) is 26.7 Å². The van der Waals surface area contributed by atoms with E-state index in [0.717, 1.165) is 12.8 Å². The average molecular weight is 433 g/mol. The lowest BCUT2D eigenvalue weighted by atomic mass is 10.0. The standard InChI is InChI=1S/C20H24N4O3S2/c1-4-5-6-24-19(26)16(29-20(24)28)11-14-13(2)15(12-21)18(25)22(3)17(14)23-7-9-27-10-8-23/h11H,4-10H2,1-3H3. The Hall–Kier alpha value is -2.15. The summed E-state index contributed by atoms with van der Waals surface area (Å²) in [5, 5.41) is 9.52. The van der Waals surface area contributed by atoms with Gasteiger partial charge in [0.1, 0.15) is 21.8 Å². The van der Waals surface area contributed by atoms with Crippen LogP contribution in [0.3, 0.4) is 0 Å². The van der Waals surface area contributed by atoms with Crippen LogP contribution >= 0.6 is 24.0 Å². The van der Waals surface area contributed by atoms with E-state index < -0.39 is 0 Å². The summed E-state index contributed by atoms with van der Waals surface area (Å²) in [7, 11) is 1.66. The Morgan fingerprint density at radius 1 is 1.31 bits per heavy atom. The second kappa shape index (κ2) is 9.11. The van der Waals surface area contributed by atoms with Gasteiger partial charge in [-0.15, -0.1) is 0 Å². The lowest BCUT2D eigenvalue weighted by Crippen LogP contribution is -2.40. The maximum Gasteiger partial charge on any atom is 0.270 e. The molecule has 9 heteroatoms. The predicted octanol–water partition coefficient (Wildman–Crippen LogP) is 2.40. The fourth-order valence-electron chi connectivity index (χ4n) is 3.51. The zero-order valence-corrected chi connectivity index (χ0v) is 18.5. The Morgan fingerprint density at radius 3 is 2.62 bits per heavy atom. The van der Waals surface area contributed by atoms with Gasteiger partial charge in [-0.25, -0.2) is 0 Å². The minimum absolute atomic E-state index is 0.0946. The van der Waals surface area contributed by atoms with Crippen molar-refractivity contribution in [3.63, 3.8) is 0 Å². The highest BCUT2D eigenvalue weighted by Crippen LogP contribution is 2.35. The molecule has 0 aromatic carbocycles. The topological polar surface area (TPSA) is 78.6 Å². The smallest absolute Gasteiger partial charge is 0.270 e. The van der Waals surface area contributed by atoms with Gasteiger partial charge in [-0.05, 0) is 25.0 Å². The number of anilines is 1. The summed E-state index contributed by atoms with van der Waals surface area (Å²) >= 11 is 6.67. The fraction of sp³-hybridized carbons (Fsp3) is 0.500. The van der Waals surface area contributed by atoms with Gasteiger partial charge in [0.15, 0.2) is 0 Å². The minimum Gasteiger partial charge on any atom is -0.378 e. The van der Waals surface area contributed by atoms with Crippen molar-refractivity contribution >= 4 is 46.1 Å². The lowest BCUT2D eigenvalue weighted by Gasteiger charge is -2.32. The molecule has 0 bridgehead atoms. The number of rotatable bonds is 5. The molecule has 0 atom stereocenters. The first-order chi connectivity index (χ1) is 13.9. The minimum atomic E-state index is -0.334. The van der Waals surface area contributed by atoms with Crippen LogP contribution in [0.1, 0.15) is 36.5 Å². The Balaban J connectivity index is 2.13. The lowest BCUT2D eigenvalue weighted by molar-refractivity contribution is -0.122. The van der Waals surface area contributed by atoms with E-state index in [1.165, 1.54) is 16.3 Å². The number of pyridine rings is 1. The summed E-state index contributed by atoms with van der Waals surface area (Å²) in [5.41, 5.74) is 1.05. The van der Waals surface area contributed by atoms with Crippen molar-refractivity contribution in [2.75, 3.05) is 37.7 Å². The second-order valence-electron chi connectivity index (χ2n) is 7.00. The number of hydrogen-bond acceptors (Lipinski definition) is 7. The zero-order chi connectivity index (χ0) is 21.1. The maximum atomic E-state index is 12.9. The number of morpholine rings is 1. The van der Waals surface area contributed by atoms with Crippen LogP contribution in [0.15, 0.2) is 9.70 Å². The maximum absolute atomic E-state index is 12.9. The van der Waals surface area contributed by atoms with Gasteiger partial charge in [-0.1, -0.05) is 37.3 Å². The van der Waals surface area contributed by atoms with Gasteiger partial charge in [-0.3, -0.25) is 19.1 Å². The molecule has 2 saturated heterocycles. The third-order valence-electron chi connectivity index (χ3n) is 5.16. The number of carbonyl (C=O) groups is 1. The molecular weight excluding hydrogens is 408 g/mol. The van der Waals surface area contributed by atoms with Crippen LogP contribution in [-0.2, 0) is 16.6 Å². The number of thioether (sulfide) groups is 1. The Labute approximate surface area is 179 Å². The molecule has 2 aliphatic rings. The third kappa shape index (κ3) is 4.10. The first-order valence-corrected chi connectivity index (χ1v) is 10.8. The van der Waals surface area contributed by atoms with Gasteiger partial charge in [0, 0.05) is 32.2 Å². The summed E-state index contributed by atoms with van der Waals surface area (Å²) < 4.78 is 7.49. The molecule has 1 amide bonds. The number of aromatic nitrogens is 1. The molecule has 1 aromatic heterocycles. The molecule has 0 spiro atoms. The van der Waals surface area contributed by atoms with E-state index in [9.17, 15) is 14.9 Å². The van der Waals surface area contributed by atoms with Crippen molar-refractivity contribution in [3.8, 4) is 6.07 Å². The molecule has 0 saturated carbocycles. The molecular formula is C20H24N4O3S2. The number of amides is 1. The van der Waals surface area contributed by atoms with Gasteiger partial charge in [0.05, 0.1) is 18.1 Å². The molecule has 29 heavy (non-hydrogen) atoms. The molecule has 0 unspecified atom stereocenters. The predicted molar refractivity (Wildman–Crippen MR) is 119 cm³/mol. The molecule has 0 radical (unpaired) electrons. The van der Waals surface area contributed by atoms with Crippen molar-refractivity contribution in [3.05, 3.63) is 31.9 Å². The van der Waals surface area contributed by atoms with E-state index in [2.05, 4.69) is 11.8 Å². The van der Waals surface area contributed by atoms with Crippen LogP contribution in [0.2, 0.25) is 0 Å². The Kier molecular flexibility index (Phi) is 6.77. The van der Waals surface area contributed by atoms with Crippen molar-refractivity contribution in [1.82, 2.24) is 9.47 Å². The molecule has 2 aliphatic heterocycles. The van der Waals surface area contributed by atoms with Crippen molar-refractivity contribution in [1.29, 1.82) is 5.26 Å². The van der Waals surface area contributed by atoms with E-state index in [0.29, 0.717) is 59.0 Å². The summed E-state index contributed by atoms with van der Waals surface area (Å²) in [6.45, 7) is 6.82. The van der Waals surface area contributed by atoms with Crippen LogP contribution in [0.5, 0.6) is 0 Å². The number of ether oxygens (including phenoxy) is 1. The largest absolute Gasteiger partial charge is 0.378 e. The van der Waals surface area contributed by atoms with Gasteiger partial charge in [0.2, 0.25) is 0 Å². The zero-order valence-electron chi connectivity index (χ0n) is 16.9. The van der Waals surface area contributed by atoms with Crippen molar-refractivity contribution in [2.24, 2.45) is 7.05 Å². The summed E-state index contributed by atoms with van der Waals surface area (Å²) in [6, 6.07) is 2.02. The quantitative estimate of drug-likeness (QED) is 0.522. The Bertz CT molecular complexity index is 971. The Morgan fingerprint density at radius 2 is 2.00 bits per heavy atom. The van der Waals surface area contributed by atoms with Gasteiger partial charge >= 0.3 is 0 Å². The number of hydrogen-bond donors (Lipinski definition) is 0. The molecule has 2 fully saturated rings. The van der Waals surface area contributed by atoms with Gasteiger partial charge in [0.25, 0.3) is 11.5 Å². The fourth-order valence-corrected chi connectivity index (χ4v) is 4.80. The highest BCUT2D eigenvalue weighted by molar-refractivity contribution is 8.26. The highest BCUT2D eigenvalue weighted by Gasteiger charge is 2.32. The molecule has 0 aliphatic carbocycles. The highest BCUT2D eigenvalue weighted by atomic mass is 32.2. The van der Waals surface area contributed by atoms with E-state index in [1.54, 1.807) is 24.9 Å². The van der Waals surface area contributed by atoms with Crippen LogP contribution in [-0.4, -0.2) is 52.5 Å². The summed E-state index contributed by atoms with van der Waals surface area (Å²) in [4.78, 5) is 29.9. The summed E-state index contributed by atoms with van der Waals surface area (Å²) in [6.07, 6.45) is 3.64. The number of carbonyl (C=O) groups excluding carboxylic acids is 1. The SMILES string of the molecule is CCCCN1C(=O)C(=Cc2c(C)c(C#N)c(=O)n(C)c2N2CCOCC2)SC1=S. The molecule has 7 nitrogen and oxygen atoms in total. The number of nitriles is 1. The van der Waals surface area contributed by atoms with Gasteiger partial charge < -0.3 is 9.64 Å². The van der Waals surface area contributed by atoms with E-state index in [-0.39, 0.29) is 17.0 Å². The first-order valence-electron chi connectivity index (χ1n) is 9.62. The molecule has 154 valence electrons. The van der Waals surface area contributed by atoms with E-state index in [4.69, 9.17) is 17.0 Å². The first kappa shape index (κ1) is 21.6. The molecule has 3 rings (SSSR count). The van der Waals surface area contributed by atoms with Crippen LogP contribution in [0.25, 0.3) is 6.08 Å². The third-order valence-corrected chi connectivity index (χ3v) is 6.54. The normalized spacial score (nSPS) is 18.6. The molecule has 0 N–H and O–H groups in total. The average Bonchev–Trinajstić information content (AvgIpc) is 2.98. The van der Waals surface area contributed by atoms with Crippen molar-refractivity contribution < 1.29 is 9.53 Å². The van der Waals surface area contributed by atoms with Gasteiger partial charge in [-0.2, -0.15) is 5.26 Å². The second-order valence-corrected chi connectivity index (χ2v) is 8.68. The number of nitrogens with zero attached hydrogens (tertiary/aromatic N) is 4. The van der Waals surface area contributed by atoms with E-state index in [1.807, 2.05) is 6.07 Å².